The van der Waals surface area contributed by atoms with Crippen LogP contribution in [0, 0.1) is 11.3 Å². The van der Waals surface area contributed by atoms with Crippen LogP contribution in [0.25, 0.3) is 0 Å². The maximum Gasteiger partial charge on any atom is 0.240 e. The highest BCUT2D eigenvalue weighted by atomic mass is 32.2. The first-order chi connectivity index (χ1) is 9.69. The quantitative estimate of drug-likeness (QED) is 0.776. The number of hydrogen-bond acceptors (Lipinski definition) is 3. The van der Waals surface area contributed by atoms with Crippen molar-refractivity contribution < 1.29 is 8.42 Å². The molecule has 0 bridgehead atoms. The van der Waals surface area contributed by atoms with Crippen LogP contribution >= 0.6 is 0 Å². The van der Waals surface area contributed by atoms with Gasteiger partial charge >= 0.3 is 0 Å². The molecule has 0 saturated heterocycles. The van der Waals surface area contributed by atoms with Gasteiger partial charge in [-0.3, -0.25) is 0 Å². The summed E-state index contributed by atoms with van der Waals surface area (Å²) in [7, 11) is -3.45. The van der Waals surface area contributed by atoms with Crippen molar-refractivity contribution in [3.8, 4) is 0 Å². The lowest BCUT2D eigenvalue weighted by molar-refractivity contribution is 0.252. The lowest BCUT2D eigenvalue weighted by Gasteiger charge is -2.29. The highest BCUT2D eigenvalue weighted by Gasteiger charge is 2.25. The number of nitrogens with one attached hydrogen (secondary N) is 2. The highest BCUT2D eigenvalue weighted by Crippen LogP contribution is 2.25. The van der Waals surface area contributed by atoms with Gasteiger partial charge < -0.3 is 5.32 Å². The van der Waals surface area contributed by atoms with E-state index in [0.717, 1.165) is 12.1 Å². The Balaban J connectivity index is 2.83. The molecule has 1 rings (SSSR count). The first-order valence-electron chi connectivity index (χ1n) is 7.48. The van der Waals surface area contributed by atoms with E-state index < -0.39 is 10.0 Å². The van der Waals surface area contributed by atoms with Crippen LogP contribution in [0.2, 0.25) is 0 Å². The van der Waals surface area contributed by atoms with Gasteiger partial charge in [-0.05, 0) is 35.6 Å². The van der Waals surface area contributed by atoms with Crippen LogP contribution in [0.3, 0.4) is 0 Å². The van der Waals surface area contributed by atoms with Gasteiger partial charge in [0.25, 0.3) is 0 Å². The van der Waals surface area contributed by atoms with Crippen LogP contribution < -0.4 is 10.0 Å². The minimum Gasteiger partial charge on any atom is -0.313 e. The topological polar surface area (TPSA) is 58.2 Å². The minimum absolute atomic E-state index is 0.0750. The first-order valence-corrected chi connectivity index (χ1v) is 8.96. The van der Waals surface area contributed by atoms with Gasteiger partial charge in [0.15, 0.2) is 0 Å². The van der Waals surface area contributed by atoms with Crippen molar-refractivity contribution in [1.29, 1.82) is 0 Å². The number of hydrogen-bond donors (Lipinski definition) is 2. The Morgan fingerprint density at radius 2 is 1.90 bits per heavy atom. The Morgan fingerprint density at radius 1 is 1.24 bits per heavy atom. The van der Waals surface area contributed by atoms with Crippen LogP contribution in [0.5, 0.6) is 0 Å². The zero-order valence-electron chi connectivity index (χ0n) is 13.7. The number of rotatable bonds is 8. The molecule has 0 aliphatic rings. The van der Waals surface area contributed by atoms with Gasteiger partial charge in [-0.1, -0.05) is 46.8 Å². The summed E-state index contributed by atoms with van der Waals surface area (Å²) in [5.74, 6) is 0.403. The summed E-state index contributed by atoms with van der Waals surface area (Å²) < 4.78 is 27.5. The second kappa shape index (κ2) is 7.38. The van der Waals surface area contributed by atoms with Crippen LogP contribution in [0.15, 0.2) is 29.2 Å². The minimum atomic E-state index is -3.45. The van der Waals surface area contributed by atoms with E-state index >= 15 is 0 Å². The molecule has 0 aliphatic carbocycles. The fourth-order valence-electron chi connectivity index (χ4n) is 1.66. The molecule has 0 atom stereocenters. The average molecular weight is 312 g/mol. The zero-order valence-corrected chi connectivity index (χ0v) is 14.5. The van der Waals surface area contributed by atoms with E-state index in [4.69, 9.17) is 0 Å². The van der Waals surface area contributed by atoms with E-state index in [1.54, 1.807) is 18.2 Å². The van der Waals surface area contributed by atoms with Crippen molar-refractivity contribution in [2.24, 2.45) is 11.3 Å². The van der Waals surface area contributed by atoms with Crippen molar-refractivity contribution >= 4 is 10.0 Å². The van der Waals surface area contributed by atoms with Crippen LogP contribution in [-0.4, -0.2) is 21.5 Å². The third kappa shape index (κ3) is 5.41. The van der Waals surface area contributed by atoms with Crippen LogP contribution in [0.1, 0.15) is 40.2 Å². The predicted molar refractivity (Wildman–Crippen MR) is 87.6 cm³/mol. The molecule has 0 unspecified atom stereocenters. The molecule has 0 amide bonds. The fourth-order valence-corrected chi connectivity index (χ4v) is 2.95. The molecule has 2 N–H and O–H groups in total. The fraction of sp³-hybridized carbons (Fsp3) is 0.625. The molecular weight excluding hydrogens is 284 g/mol. The maximum absolute atomic E-state index is 12.4. The van der Waals surface area contributed by atoms with Gasteiger partial charge in [-0.25, -0.2) is 13.1 Å². The molecule has 21 heavy (non-hydrogen) atoms. The third-order valence-corrected chi connectivity index (χ3v) is 5.47. The molecule has 0 spiro atoms. The summed E-state index contributed by atoms with van der Waals surface area (Å²) in [6.07, 6.45) is 0. The summed E-state index contributed by atoms with van der Waals surface area (Å²) >= 11 is 0. The first kappa shape index (κ1) is 18.1. The lowest BCUT2D eigenvalue weighted by Crippen LogP contribution is -2.37. The van der Waals surface area contributed by atoms with Gasteiger partial charge in [0.2, 0.25) is 10.0 Å². The Kier molecular flexibility index (Phi) is 6.38. The monoisotopic (exact) mass is 312 g/mol. The Bertz CT molecular complexity index is 551. The molecule has 0 radical (unpaired) electrons. The third-order valence-electron chi connectivity index (χ3n) is 4.07. The van der Waals surface area contributed by atoms with Crippen molar-refractivity contribution in [2.45, 2.75) is 46.1 Å². The molecule has 0 heterocycles. The summed E-state index contributed by atoms with van der Waals surface area (Å²) in [5, 5.41) is 3.20. The van der Waals surface area contributed by atoms with Gasteiger partial charge in [0.05, 0.1) is 4.90 Å². The SMILES string of the molecule is CCNCc1cccc(S(=O)(=O)NCC(C)(C)C(C)C)c1. The Morgan fingerprint density at radius 3 is 2.48 bits per heavy atom. The lowest BCUT2D eigenvalue weighted by atomic mass is 9.81. The van der Waals surface area contributed by atoms with Crippen LogP contribution in [-0.2, 0) is 16.6 Å². The maximum atomic E-state index is 12.4. The smallest absolute Gasteiger partial charge is 0.240 e. The van der Waals surface area contributed by atoms with Crippen molar-refractivity contribution in [1.82, 2.24) is 10.0 Å². The second-order valence-corrected chi connectivity index (χ2v) is 8.16. The van der Waals surface area contributed by atoms with Crippen molar-refractivity contribution in [3.05, 3.63) is 29.8 Å². The molecule has 120 valence electrons. The van der Waals surface area contributed by atoms with Gasteiger partial charge in [0.1, 0.15) is 0 Å². The van der Waals surface area contributed by atoms with Crippen molar-refractivity contribution in [3.63, 3.8) is 0 Å². The standard InChI is InChI=1S/C16H28N2O2S/c1-6-17-11-14-8-7-9-15(10-14)21(19,20)18-12-16(4,5)13(2)3/h7-10,13,17-18H,6,11-12H2,1-5H3. The molecule has 1 aromatic carbocycles. The molecule has 5 heteroatoms. The summed E-state index contributed by atoms with van der Waals surface area (Å²) in [4.78, 5) is 0.331. The molecule has 1 aromatic rings. The molecule has 0 saturated carbocycles. The second-order valence-electron chi connectivity index (χ2n) is 6.40. The van der Waals surface area contributed by atoms with E-state index in [2.05, 4.69) is 37.7 Å². The molecule has 0 fully saturated rings. The van der Waals surface area contributed by atoms with Crippen LogP contribution in [0.4, 0.5) is 0 Å². The van der Waals surface area contributed by atoms with E-state index in [-0.39, 0.29) is 5.41 Å². The summed E-state index contributed by atoms with van der Waals surface area (Å²) in [6.45, 7) is 12.3. The molecule has 0 aliphatic heterocycles. The largest absolute Gasteiger partial charge is 0.313 e. The van der Waals surface area contributed by atoms with Crippen molar-refractivity contribution in [2.75, 3.05) is 13.1 Å². The Hall–Kier alpha value is -0.910. The van der Waals surface area contributed by atoms with Gasteiger partial charge in [-0.2, -0.15) is 0 Å². The van der Waals surface area contributed by atoms with Gasteiger partial charge in [0, 0.05) is 13.1 Å². The molecular formula is C16H28N2O2S. The zero-order chi connectivity index (χ0) is 16.1. The summed E-state index contributed by atoms with van der Waals surface area (Å²) in [5.41, 5.74) is 0.900. The number of sulfonamides is 1. The summed E-state index contributed by atoms with van der Waals surface area (Å²) in [6, 6.07) is 7.09. The van der Waals surface area contributed by atoms with E-state index in [1.807, 2.05) is 13.0 Å². The normalized spacial score (nSPS) is 12.9. The Labute approximate surface area is 129 Å². The van der Waals surface area contributed by atoms with E-state index in [9.17, 15) is 8.42 Å². The predicted octanol–water partition coefficient (Wildman–Crippen LogP) is 2.76. The molecule has 0 aromatic heterocycles. The molecule has 4 nitrogen and oxygen atoms in total. The highest BCUT2D eigenvalue weighted by molar-refractivity contribution is 7.89. The number of benzene rings is 1. The van der Waals surface area contributed by atoms with E-state index in [0.29, 0.717) is 23.9 Å². The van der Waals surface area contributed by atoms with E-state index in [1.165, 1.54) is 0 Å². The average Bonchev–Trinajstić information content (AvgIpc) is 2.43. The van der Waals surface area contributed by atoms with Gasteiger partial charge in [-0.15, -0.1) is 0 Å².